The first-order valence-corrected chi connectivity index (χ1v) is 11.4. The molecule has 2 aromatic rings. The minimum absolute atomic E-state index is 0.156. The highest BCUT2D eigenvalue weighted by molar-refractivity contribution is 6.32. The zero-order chi connectivity index (χ0) is 24.7. The SMILES string of the molecule is CC.CCC.CCCC(/C(N)=C(C)/C=C(\N)c1c(F)cccc1Cl)c1cccc(C#N)n1. The zero-order valence-corrected chi connectivity index (χ0v) is 20.8. The van der Waals surface area contributed by atoms with Crippen LogP contribution < -0.4 is 11.5 Å². The van der Waals surface area contributed by atoms with E-state index in [4.69, 9.17) is 28.3 Å². The molecular formula is C26H36ClFN4. The van der Waals surface area contributed by atoms with Crippen LogP contribution in [0.15, 0.2) is 53.7 Å². The molecule has 0 spiro atoms. The van der Waals surface area contributed by atoms with E-state index in [1.165, 1.54) is 18.6 Å². The first kappa shape index (κ1) is 29.2. The molecule has 1 heterocycles. The van der Waals surface area contributed by atoms with Gasteiger partial charge in [-0.15, -0.1) is 0 Å². The Kier molecular flexibility index (Phi) is 14.5. The van der Waals surface area contributed by atoms with Crippen LogP contribution in [0, 0.1) is 17.1 Å². The number of pyridine rings is 1. The van der Waals surface area contributed by atoms with Gasteiger partial charge in [-0.05, 0) is 49.3 Å². The Balaban J connectivity index is 0.00000177. The molecule has 6 heteroatoms. The summed E-state index contributed by atoms with van der Waals surface area (Å²) in [5.41, 5.74) is 15.2. The molecule has 0 amide bonds. The van der Waals surface area contributed by atoms with Crippen LogP contribution in [0.5, 0.6) is 0 Å². The van der Waals surface area contributed by atoms with Crippen molar-refractivity contribution in [1.29, 1.82) is 5.26 Å². The summed E-state index contributed by atoms with van der Waals surface area (Å²) >= 11 is 6.08. The highest BCUT2D eigenvalue weighted by Crippen LogP contribution is 2.29. The summed E-state index contributed by atoms with van der Waals surface area (Å²) in [6.07, 6.45) is 4.52. The van der Waals surface area contributed by atoms with Crippen LogP contribution in [0.4, 0.5) is 4.39 Å². The minimum Gasteiger partial charge on any atom is -0.401 e. The molecule has 0 bridgehead atoms. The van der Waals surface area contributed by atoms with Gasteiger partial charge in [-0.25, -0.2) is 9.37 Å². The van der Waals surface area contributed by atoms with E-state index in [0.717, 1.165) is 18.5 Å². The van der Waals surface area contributed by atoms with Gasteiger partial charge in [-0.3, -0.25) is 0 Å². The molecule has 1 aromatic carbocycles. The molecule has 0 aliphatic carbocycles. The van der Waals surface area contributed by atoms with Crippen molar-refractivity contribution >= 4 is 17.3 Å². The Bertz CT molecular complexity index is 925. The monoisotopic (exact) mass is 458 g/mol. The topological polar surface area (TPSA) is 88.7 Å². The molecule has 1 aromatic heterocycles. The third kappa shape index (κ3) is 8.72. The van der Waals surface area contributed by atoms with Crippen LogP contribution in [0.1, 0.15) is 83.7 Å². The number of nitriles is 1. The van der Waals surface area contributed by atoms with Crippen molar-refractivity contribution in [2.75, 3.05) is 0 Å². The summed E-state index contributed by atoms with van der Waals surface area (Å²) in [5, 5.41) is 9.33. The van der Waals surface area contributed by atoms with Crippen molar-refractivity contribution in [2.24, 2.45) is 11.5 Å². The average molecular weight is 459 g/mol. The molecule has 32 heavy (non-hydrogen) atoms. The summed E-state index contributed by atoms with van der Waals surface area (Å²) in [5.74, 6) is -0.653. The maximum atomic E-state index is 14.1. The van der Waals surface area contributed by atoms with Gasteiger partial charge in [-0.1, -0.05) is 71.2 Å². The van der Waals surface area contributed by atoms with E-state index in [0.29, 0.717) is 17.0 Å². The normalized spacial score (nSPS) is 12.3. The Hall–Kier alpha value is -2.84. The third-order valence-electron chi connectivity index (χ3n) is 4.27. The molecule has 1 atom stereocenters. The Morgan fingerprint density at radius 2 is 1.75 bits per heavy atom. The standard InChI is InChI=1S/C21H22ClFN4.C3H8.C2H6/c1-3-6-15(19-10-4-7-14(12-24)27-19)21(26)13(2)11-18(25)20-16(22)8-5-9-17(20)23;1-3-2;1-2/h4-5,7-11,15H,3,6,25-26H2,1-2H3;3H2,1-2H3;1-2H3/b18-11-,21-13-;;. The van der Waals surface area contributed by atoms with Gasteiger partial charge >= 0.3 is 0 Å². The first-order chi connectivity index (χ1) is 15.3. The van der Waals surface area contributed by atoms with Crippen LogP contribution in [0.25, 0.3) is 5.70 Å². The van der Waals surface area contributed by atoms with Crippen LogP contribution in [-0.2, 0) is 0 Å². The Morgan fingerprint density at radius 3 is 2.28 bits per heavy atom. The first-order valence-electron chi connectivity index (χ1n) is 11.0. The molecule has 0 aliphatic rings. The summed E-state index contributed by atoms with van der Waals surface area (Å²) in [6.45, 7) is 12.1. The van der Waals surface area contributed by atoms with Crippen molar-refractivity contribution < 1.29 is 4.39 Å². The lowest BCUT2D eigenvalue weighted by Gasteiger charge is -2.18. The molecule has 4 nitrogen and oxygen atoms in total. The fourth-order valence-corrected chi connectivity index (χ4v) is 3.17. The predicted octanol–water partition coefficient (Wildman–Crippen LogP) is 7.30. The predicted molar refractivity (Wildman–Crippen MR) is 134 cm³/mol. The molecule has 4 N–H and O–H groups in total. The van der Waals surface area contributed by atoms with E-state index >= 15 is 0 Å². The molecule has 0 saturated carbocycles. The smallest absolute Gasteiger partial charge is 0.140 e. The van der Waals surface area contributed by atoms with E-state index in [1.54, 1.807) is 24.3 Å². The van der Waals surface area contributed by atoms with E-state index < -0.39 is 5.82 Å². The van der Waals surface area contributed by atoms with E-state index in [-0.39, 0.29) is 22.2 Å². The van der Waals surface area contributed by atoms with Crippen molar-refractivity contribution in [2.45, 2.75) is 66.7 Å². The fraction of sp³-hybridized carbons (Fsp3) is 0.385. The fourth-order valence-electron chi connectivity index (χ4n) is 2.90. The summed E-state index contributed by atoms with van der Waals surface area (Å²) in [4.78, 5) is 4.37. The summed E-state index contributed by atoms with van der Waals surface area (Å²) in [6, 6.07) is 11.7. The van der Waals surface area contributed by atoms with Gasteiger partial charge in [0.1, 0.15) is 17.6 Å². The van der Waals surface area contributed by atoms with Gasteiger partial charge in [0.2, 0.25) is 0 Å². The van der Waals surface area contributed by atoms with Gasteiger partial charge in [-0.2, -0.15) is 5.26 Å². The summed E-state index contributed by atoms with van der Waals surface area (Å²) < 4.78 is 14.1. The largest absolute Gasteiger partial charge is 0.401 e. The van der Waals surface area contributed by atoms with Crippen LogP contribution in [-0.4, -0.2) is 4.98 Å². The molecule has 1 unspecified atom stereocenters. The van der Waals surface area contributed by atoms with E-state index in [1.807, 2.05) is 39.8 Å². The number of nitrogens with two attached hydrogens (primary N) is 2. The second-order valence-electron chi connectivity index (χ2n) is 6.94. The van der Waals surface area contributed by atoms with E-state index in [9.17, 15) is 4.39 Å². The average Bonchev–Trinajstić information content (AvgIpc) is 2.78. The molecule has 174 valence electrons. The lowest BCUT2D eigenvalue weighted by molar-refractivity contribution is 0.624. The van der Waals surface area contributed by atoms with Crippen molar-refractivity contribution in [3.8, 4) is 6.07 Å². The number of rotatable bonds is 6. The molecular weight excluding hydrogens is 423 g/mol. The maximum absolute atomic E-state index is 14.1. The van der Waals surface area contributed by atoms with Gasteiger partial charge in [0, 0.05) is 17.3 Å². The zero-order valence-electron chi connectivity index (χ0n) is 20.0. The number of nitrogens with zero attached hydrogens (tertiary/aromatic N) is 2. The Morgan fingerprint density at radius 1 is 1.16 bits per heavy atom. The minimum atomic E-state index is -0.490. The number of allylic oxidation sites excluding steroid dienone is 3. The molecule has 0 fully saturated rings. The molecule has 0 aliphatic heterocycles. The lowest BCUT2D eigenvalue weighted by atomic mass is 9.92. The van der Waals surface area contributed by atoms with E-state index in [2.05, 4.69) is 18.8 Å². The number of halogens is 2. The van der Waals surface area contributed by atoms with Crippen molar-refractivity contribution in [1.82, 2.24) is 4.98 Å². The van der Waals surface area contributed by atoms with Crippen LogP contribution >= 0.6 is 11.6 Å². The van der Waals surface area contributed by atoms with Crippen molar-refractivity contribution in [3.63, 3.8) is 0 Å². The van der Waals surface area contributed by atoms with Crippen LogP contribution in [0.2, 0.25) is 5.02 Å². The second kappa shape index (κ2) is 15.9. The number of hydrogen-bond donors (Lipinski definition) is 2. The Labute approximate surface area is 197 Å². The summed E-state index contributed by atoms with van der Waals surface area (Å²) in [7, 11) is 0. The van der Waals surface area contributed by atoms with Gasteiger partial charge in [0.25, 0.3) is 0 Å². The third-order valence-corrected chi connectivity index (χ3v) is 4.59. The van der Waals surface area contributed by atoms with Crippen molar-refractivity contribution in [3.05, 3.63) is 81.5 Å². The number of benzene rings is 1. The lowest BCUT2D eigenvalue weighted by Crippen LogP contribution is -2.14. The quantitative estimate of drug-likeness (QED) is 0.444. The highest BCUT2D eigenvalue weighted by atomic mass is 35.5. The molecule has 0 radical (unpaired) electrons. The van der Waals surface area contributed by atoms with Gasteiger partial charge < -0.3 is 11.5 Å². The van der Waals surface area contributed by atoms with Gasteiger partial charge in [0.05, 0.1) is 16.3 Å². The van der Waals surface area contributed by atoms with Gasteiger partial charge in [0.15, 0.2) is 0 Å². The second-order valence-corrected chi connectivity index (χ2v) is 7.35. The maximum Gasteiger partial charge on any atom is 0.140 e. The number of aromatic nitrogens is 1. The van der Waals surface area contributed by atoms with Crippen LogP contribution in [0.3, 0.4) is 0 Å². The highest BCUT2D eigenvalue weighted by Gasteiger charge is 2.18. The number of hydrogen-bond acceptors (Lipinski definition) is 4. The molecule has 2 rings (SSSR count). The molecule has 0 saturated heterocycles.